The maximum Gasteiger partial charge on any atom is 0.0252 e. The standard InChI is InChI=1S/C17H31N3/c1-13-11-15(12-20(13)14-7-8-14)19-10-3-2-6-17(19)16-5-4-9-18-16/h13-18H,2-12H2,1H3. The highest BCUT2D eigenvalue weighted by Gasteiger charge is 2.43. The average Bonchev–Trinajstić information content (AvgIpc) is 3.02. The molecule has 3 heteroatoms. The van der Waals surface area contributed by atoms with Crippen LogP contribution >= 0.6 is 0 Å². The molecule has 0 bridgehead atoms. The lowest BCUT2D eigenvalue weighted by atomic mass is 9.92. The molecular weight excluding hydrogens is 246 g/mol. The third kappa shape index (κ3) is 2.53. The fourth-order valence-electron chi connectivity index (χ4n) is 5.09. The Morgan fingerprint density at radius 2 is 1.80 bits per heavy atom. The minimum Gasteiger partial charge on any atom is -0.312 e. The van der Waals surface area contributed by atoms with Crippen LogP contribution in [-0.4, -0.2) is 59.6 Å². The van der Waals surface area contributed by atoms with Crippen molar-refractivity contribution in [1.29, 1.82) is 0 Å². The molecule has 4 unspecified atom stereocenters. The Hall–Kier alpha value is -0.120. The summed E-state index contributed by atoms with van der Waals surface area (Å²) >= 11 is 0. The van der Waals surface area contributed by atoms with Crippen LogP contribution in [0.25, 0.3) is 0 Å². The molecule has 114 valence electrons. The summed E-state index contributed by atoms with van der Waals surface area (Å²) in [7, 11) is 0. The van der Waals surface area contributed by atoms with Crippen molar-refractivity contribution in [1.82, 2.24) is 15.1 Å². The van der Waals surface area contributed by atoms with Gasteiger partial charge in [0.2, 0.25) is 0 Å². The predicted octanol–water partition coefficient (Wildman–Crippen LogP) is 2.22. The Kier molecular flexibility index (Phi) is 3.78. The van der Waals surface area contributed by atoms with E-state index in [0.717, 1.165) is 30.2 Å². The summed E-state index contributed by atoms with van der Waals surface area (Å²) in [4.78, 5) is 5.74. The van der Waals surface area contributed by atoms with Gasteiger partial charge >= 0.3 is 0 Å². The molecule has 4 fully saturated rings. The average molecular weight is 277 g/mol. The molecule has 3 saturated heterocycles. The van der Waals surface area contributed by atoms with Crippen molar-refractivity contribution in [2.24, 2.45) is 0 Å². The minimum atomic E-state index is 0.792. The van der Waals surface area contributed by atoms with E-state index in [1.165, 1.54) is 71.0 Å². The van der Waals surface area contributed by atoms with E-state index >= 15 is 0 Å². The third-order valence-corrected chi connectivity index (χ3v) is 6.24. The number of nitrogens with zero attached hydrogens (tertiary/aromatic N) is 2. The van der Waals surface area contributed by atoms with Crippen LogP contribution in [0.15, 0.2) is 0 Å². The summed E-state index contributed by atoms with van der Waals surface area (Å²) in [6.07, 6.45) is 11.5. The van der Waals surface area contributed by atoms with E-state index in [4.69, 9.17) is 0 Å². The lowest BCUT2D eigenvalue weighted by Gasteiger charge is -2.43. The van der Waals surface area contributed by atoms with Crippen LogP contribution in [0.2, 0.25) is 0 Å². The van der Waals surface area contributed by atoms with Gasteiger partial charge in [-0.3, -0.25) is 9.80 Å². The summed E-state index contributed by atoms with van der Waals surface area (Å²) < 4.78 is 0. The highest BCUT2D eigenvalue weighted by molar-refractivity contribution is 5.00. The highest BCUT2D eigenvalue weighted by Crippen LogP contribution is 2.37. The second kappa shape index (κ2) is 5.58. The molecule has 1 aliphatic carbocycles. The largest absolute Gasteiger partial charge is 0.312 e. The van der Waals surface area contributed by atoms with E-state index in [0.29, 0.717) is 0 Å². The Bertz CT molecular complexity index is 335. The zero-order valence-electron chi connectivity index (χ0n) is 13.1. The van der Waals surface area contributed by atoms with Gasteiger partial charge in [-0.2, -0.15) is 0 Å². The summed E-state index contributed by atoms with van der Waals surface area (Å²) in [5, 5.41) is 3.78. The first kappa shape index (κ1) is 13.5. The maximum atomic E-state index is 3.78. The molecule has 1 N–H and O–H groups in total. The topological polar surface area (TPSA) is 18.5 Å². The summed E-state index contributed by atoms with van der Waals surface area (Å²) in [5.74, 6) is 0. The molecule has 0 amide bonds. The first-order valence-electron chi connectivity index (χ1n) is 9.08. The van der Waals surface area contributed by atoms with Gasteiger partial charge in [0.1, 0.15) is 0 Å². The lowest BCUT2D eigenvalue weighted by molar-refractivity contribution is 0.0751. The fourth-order valence-corrected chi connectivity index (χ4v) is 5.09. The third-order valence-electron chi connectivity index (χ3n) is 6.24. The van der Waals surface area contributed by atoms with Crippen LogP contribution in [0, 0.1) is 0 Å². The van der Waals surface area contributed by atoms with Gasteiger partial charge in [-0.1, -0.05) is 6.42 Å². The summed E-state index contributed by atoms with van der Waals surface area (Å²) in [6, 6.07) is 4.25. The van der Waals surface area contributed by atoms with Crippen LogP contribution in [0.5, 0.6) is 0 Å². The van der Waals surface area contributed by atoms with Gasteiger partial charge in [0.25, 0.3) is 0 Å². The molecule has 0 spiro atoms. The molecule has 3 heterocycles. The summed E-state index contributed by atoms with van der Waals surface area (Å²) in [6.45, 7) is 6.43. The number of likely N-dealkylation sites (tertiary alicyclic amines) is 2. The van der Waals surface area contributed by atoms with E-state index in [1.54, 1.807) is 0 Å². The van der Waals surface area contributed by atoms with Gasteiger partial charge in [-0.15, -0.1) is 0 Å². The quantitative estimate of drug-likeness (QED) is 0.853. The van der Waals surface area contributed by atoms with E-state index in [9.17, 15) is 0 Å². The first-order chi connectivity index (χ1) is 9.83. The normalized spacial score (nSPS) is 44.2. The van der Waals surface area contributed by atoms with Crippen molar-refractivity contribution in [3.63, 3.8) is 0 Å². The van der Waals surface area contributed by atoms with Gasteiger partial charge in [0, 0.05) is 36.8 Å². The molecule has 4 atom stereocenters. The monoisotopic (exact) mass is 277 g/mol. The molecule has 0 aromatic heterocycles. The fraction of sp³-hybridized carbons (Fsp3) is 1.00. The van der Waals surface area contributed by atoms with Crippen molar-refractivity contribution in [2.75, 3.05) is 19.6 Å². The van der Waals surface area contributed by atoms with E-state index in [-0.39, 0.29) is 0 Å². The molecule has 1 saturated carbocycles. The van der Waals surface area contributed by atoms with Crippen molar-refractivity contribution in [3.05, 3.63) is 0 Å². The Balaban J connectivity index is 1.44. The molecule has 3 aliphatic heterocycles. The van der Waals surface area contributed by atoms with Crippen LogP contribution in [0.3, 0.4) is 0 Å². The van der Waals surface area contributed by atoms with Crippen LogP contribution in [-0.2, 0) is 0 Å². The second-order valence-corrected chi connectivity index (χ2v) is 7.67. The first-order valence-corrected chi connectivity index (χ1v) is 9.08. The predicted molar refractivity (Wildman–Crippen MR) is 83.0 cm³/mol. The van der Waals surface area contributed by atoms with Crippen molar-refractivity contribution >= 4 is 0 Å². The number of hydrogen-bond donors (Lipinski definition) is 1. The Morgan fingerprint density at radius 1 is 0.900 bits per heavy atom. The number of rotatable bonds is 3. The zero-order chi connectivity index (χ0) is 13.5. The molecule has 3 nitrogen and oxygen atoms in total. The van der Waals surface area contributed by atoms with Crippen molar-refractivity contribution in [2.45, 2.75) is 88.5 Å². The molecule has 0 aromatic carbocycles. The van der Waals surface area contributed by atoms with Gasteiger partial charge in [0.15, 0.2) is 0 Å². The zero-order valence-corrected chi connectivity index (χ0v) is 13.1. The molecular formula is C17H31N3. The lowest BCUT2D eigenvalue weighted by Crippen LogP contribution is -2.54. The van der Waals surface area contributed by atoms with E-state index in [2.05, 4.69) is 22.0 Å². The van der Waals surface area contributed by atoms with Crippen LogP contribution in [0.1, 0.15) is 58.3 Å². The smallest absolute Gasteiger partial charge is 0.0252 e. The Labute approximate surface area is 124 Å². The van der Waals surface area contributed by atoms with Gasteiger partial charge < -0.3 is 5.32 Å². The molecule has 0 aromatic rings. The maximum absolute atomic E-state index is 3.78. The Morgan fingerprint density at radius 3 is 2.55 bits per heavy atom. The van der Waals surface area contributed by atoms with Crippen molar-refractivity contribution in [3.8, 4) is 0 Å². The minimum absolute atomic E-state index is 0.792. The van der Waals surface area contributed by atoms with Crippen LogP contribution in [0.4, 0.5) is 0 Å². The molecule has 4 rings (SSSR count). The van der Waals surface area contributed by atoms with E-state index < -0.39 is 0 Å². The summed E-state index contributed by atoms with van der Waals surface area (Å²) in [5.41, 5.74) is 0. The van der Waals surface area contributed by atoms with Gasteiger partial charge in [-0.05, 0) is 65.0 Å². The molecule has 0 radical (unpaired) electrons. The van der Waals surface area contributed by atoms with Crippen molar-refractivity contribution < 1.29 is 0 Å². The number of piperidine rings is 1. The van der Waals surface area contributed by atoms with Gasteiger partial charge in [-0.25, -0.2) is 0 Å². The van der Waals surface area contributed by atoms with E-state index in [1.807, 2.05) is 0 Å². The van der Waals surface area contributed by atoms with Crippen LogP contribution < -0.4 is 5.32 Å². The highest BCUT2D eigenvalue weighted by atomic mass is 15.3. The number of hydrogen-bond acceptors (Lipinski definition) is 3. The second-order valence-electron chi connectivity index (χ2n) is 7.67. The molecule has 4 aliphatic rings. The molecule has 20 heavy (non-hydrogen) atoms. The number of nitrogens with one attached hydrogen (secondary N) is 1. The SMILES string of the molecule is CC1CC(N2CCCCC2C2CCCN2)CN1C1CC1. The van der Waals surface area contributed by atoms with Gasteiger partial charge in [0.05, 0.1) is 0 Å².